The Morgan fingerprint density at radius 1 is 1.33 bits per heavy atom. The summed E-state index contributed by atoms with van der Waals surface area (Å²) in [6, 6.07) is 8.31. The second-order valence-electron chi connectivity index (χ2n) is 5.35. The third-order valence-corrected chi connectivity index (χ3v) is 4.23. The largest absolute Gasteiger partial charge is 0.321 e. The molecule has 1 heterocycles. The molecule has 1 aliphatic heterocycles. The van der Waals surface area contributed by atoms with E-state index in [0.29, 0.717) is 6.42 Å². The maximum atomic E-state index is 11.6. The zero-order chi connectivity index (χ0) is 12.8. The summed E-state index contributed by atoms with van der Waals surface area (Å²) in [5.74, 6) is 0.173. The molecule has 18 heavy (non-hydrogen) atoms. The molecule has 4 nitrogen and oxygen atoms in total. The molecule has 3 rings (SSSR count). The fraction of sp³-hybridized carbons (Fsp3) is 0.500. The molecule has 0 unspecified atom stereocenters. The number of carbonyl (C=O) groups is 1. The number of hydrogen-bond acceptors (Lipinski definition) is 3. The van der Waals surface area contributed by atoms with Crippen LogP contribution >= 0.6 is 0 Å². The van der Waals surface area contributed by atoms with Crippen molar-refractivity contribution in [1.29, 1.82) is 0 Å². The van der Waals surface area contributed by atoms with Crippen molar-refractivity contribution in [3.8, 4) is 0 Å². The van der Waals surface area contributed by atoms with Gasteiger partial charge in [-0.15, -0.1) is 0 Å². The quantitative estimate of drug-likeness (QED) is 0.861. The van der Waals surface area contributed by atoms with Crippen LogP contribution in [-0.4, -0.2) is 24.5 Å². The van der Waals surface area contributed by atoms with Crippen molar-refractivity contribution < 1.29 is 4.79 Å². The third-order valence-electron chi connectivity index (χ3n) is 4.23. The Balaban J connectivity index is 1.89. The van der Waals surface area contributed by atoms with Crippen molar-refractivity contribution in [2.24, 2.45) is 5.73 Å². The van der Waals surface area contributed by atoms with Gasteiger partial charge in [-0.1, -0.05) is 12.1 Å². The van der Waals surface area contributed by atoms with Gasteiger partial charge in [0.15, 0.2) is 0 Å². The topological polar surface area (TPSA) is 49.6 Å². The third kappa shape index (κ3) is 1.68. The molecule has 1 aromatic carbocycles. The van der Waals surface area contributed by atoms with Crippen LogP contribution in [0.4, 0.5) is 5.69 Å². The minimum absolute atomic E-state index is 0.141. The van der Waals surface area contributed by atoms with Gasteiger partial charge >= 0.3 is 0 Å². The number of hydrazine groups is 1. The highest BCUT2D eigenvalue weighted by Crippen LogP contribution is 2.39. The van der Waals surface area contributed by atoms with Gasteiger partial charge in [-0.2, -0.15) is 0 Å². The summed E-state index contributed by atoms with van der Waals surface area (Å²) < 4.78 is 0. The number of carbonyl (C=O) groups excluding carboxylic acids is 1. The normalized spacial score (nSPS) is 22.2. The standard InChI is InChI=1S/C14H19N3O/c1-16-13(18)6-9-17(16)12-5-2-4-11(10-12)14(15)7-3-8-14/h2,4-5,10H,3,6-9,15H2,1H3. The Bertz CT molecular complexity index is 482. The van der Waals surface area contributed by atoms with Crippen LogP contribution in [0.3, 0.4) is 0 Å². The number of amides is 1. The molecule has 0 atom stereocenters. The van der Waals surface area contributed by atoms with Crippen LogP contribution in [-0.2, 0) is 10.3 Å². The van der Waals surface area contributed by atoms with Crippen molar-refractivity contribution in [3.05, 3.63) is 29.8 Å². The van der Waals surface area contributed by atoms with E-state index in [2.05, 4.69) is 12.1 Å². The Morgan fingerprint density at radius 3 is 2.67 bits per heavy atom. The lowest BCUT2D eigenvalue weighted by Crippen LogP contribution is -2.43. The number of hydrogen-bond donors (Lipinski definition) is 1. The van der Waals surface area contributed by atoms with Crippen molar-refractivity contribution >= 4 is 11.6 Å². The Hall–Kier alpha value is -1.55. The summed E-state index contributed by atoms with van der Waals surface area (Å²) in [5, 5.41) is 3.72. The van der Waals surface area contributed by atoms with E-state index >= 15 is 0 Å². The molecule has 1 amide bonds. The van der Waals surface area contributed by atoms with Gasteiger partial charge in [0.05, 0.1) is 5.69 Å². The van der Waals surface area contributed by atoms with Gasteiger partial charge in [0.2, 0.25) is 5.91 Å². The molecule has 0 radical (unpaired) electrons. The predicted octanol–water partition coefficient (Wildman–Crippen LogP) is 1.61. The summed E-state index contributed by atoms with van der Waals surface area (Å²) in [6.45, 7) is 0.760. The molecule has 2 fully saturated rings. The molecule has 2 N–H and O–H groups in total. The van der Waals surface area contributed by atoms with Crippen LogP contribution in [0.15, 0.2) is 24.3 Å². The summed E-state index contributed by atoms with van der Waals surface area (Å²) in [6.07, 6.45) is 3.92. The molecule has 96 valence electrons. The molecule has 1 saturated carbocycles. The monoisotopic (exact) mass is 245 g/mol. The number of benzene rings is 1. The summed E-state index contributed by atoms with van der Waals surface area (Å²) in [5.41, 5.74) is 8.47. The number of anilines is 1. The van der Waals surface area contributed by atoms with Crippen molar-refractivity contribution in [2.45, 2.75) is 31.2 Å². The molecular weight excluding hydrogens is 226 g/mol. The molecular formula is C14H19N3O. The second-order valence-corrected chi connectivity index (χ2v) is 5.35. The van der Waals surface area contributed by atoms with Crippen LogP contribution in [0, 0.1) is 0 Å². The fourth-order valence-electron chi connectivity index (χ4n) is 2.77. The van der Waals surface area contributed by atoms with Crippen molar-refractivity contribution in [3.63, 3.8) is 0 Å². The molecule has 1 aliphatic carbocycles. The van der Waals surface area contributed by atoms with E-state index in [1.807, 2.05) is 24.2 Å². The van der Waals surface area contributed by atoms with E-state index in [-0.39, 0.29) is 11.4 Å². The van der Waals surface area contributed by atoms with Gasteiger partial charge < -0.3 is 5.73 Å². The zero-order valence-electron chi connectivity index (χ0n) is 10.7. The first kappa shape index (κ1) is 11.5. The molecule has 1 aromatic rings. The average Bonchev–Trinajstić information content (AvgIpc) is 2.67. The zero-order valence-corrected chi connectivity index (χ0v) is 10.7. The summed E-state index contributed by atoms with van der Waals surface area (Å²) in [4.78, 5) is 11.6. The first-order chi connectivity index (χ1) is 8.60. The molecule has 1 saturated heterocycles. The summed E-state index contributed by atoms with van der Waals surface area (Å²) in [7, 11) is 1.82. The van der Waals surface area contributed by atoms with Crippen molar-refractivity contribution in [2.75, 3.05) is 18.6 Å². The van der Waals surface area contributed by atoms with Gasteiger partial charge in [0.25, 0.3) is 0 Å². The van der Waals surface area contributed by atoms with Crippen LogP contribution < -0.4 is 10.7 Å². The lowest BCUT2D eigenvalue weighted by molar-refractivity contribution is -0.126. The van der Waals surface area contributed by atoms with Crippen LogP contribution in [0.1, 0.15) is 31.2 Å². The average molecular weight is 245 g/mol. The molecule has 0 spiro atoms. The Kier molecular flexibility index (Phi) is 2.55. The summed E-state index contributed by atoms with van der Waals surface area (Å²) >= 11 is 0. The van der Waals surface area contributed by atoms with E-state index < -0.39 is 0 Å². The van der Waals surface area contributed by atoms with Crippen molar-refractivity contribution in [1.82, 2.24) is 5.01 Å². The molecule has 2 aliphatic rings. The van der Waals surface area contributed by atoms with Gasteiger partial charge in [0.1, 0.15) is 0 Å². The minimum Gasteiger partial charge on any atom is -0.321 e. The van der Waals surface area contributed by atoms with Gasteiger partial charge in [-0.3, -0.25) is 14.8 Å². The minimum atomic E-state index is -0.141. The van der Waals surface area contributed by atoms with E-state index in [1.54, 1.807) is 5.01 Å². The van der Waals surface area contributed by atoms with Gasteiger partial charge in [-0.05, 0) is 37.0 Å². The van der Waals surface area contributed by atoms with Crippen LogP contribution in [0.5, 0.6) is 0 Å². The number of rotatable bonds is 2. The van der Waals surface area contributed by atoms with Crippen LogP contribution in [0.2, 0.25) is 0 Å². The first-order valence-corrected chi connectivity index (χ1v) is 6.54. The van der Waals surface area contributed by atoms with E-state index in [9.17, 15) is 4.79 Å². The SMILES string of the molecule is CN1C(=O)CCN1c1cccc(C2(N)CCC2)c1. The maximum absolute atomic E-state index is 11.6. The fourth-order valence-corrected chi connectivity index (χ4v) is 2.77. The smallest absolute Gasteiger partial charge is 0.242 e. The number of nitrogens with two attached hydrogens (primary N) is 1. The molecule has 0 aromatic heterocycles. The highest BCUT2D eigenvalue weighted by Gasteiger charge is 2.35. The highest BCUT2D eigenvalue weighted by molar-refractivity contribution is 5.81. The molecule has 0 bridgehead atoms. The molecule has 4 heteroatoms. The van der Waals surface area contributed by atoms with E-state index in [1.165, 1.54) is 12.0 Å². The second kappa shape index (κ2) is 3.99. The van der Waals surface area contributed by atoms with E-state index in [0.717, 1.165) is 25.1 Å². The van der Waals surface area contributed by atoms with E-state index in [4.69, 9.17) is 5.73 Å². The Labute approximate surface area is 107 Å². The van der Waals surface area contributed by atoms with Gasteiger partial charge in [-0.25, -0.2) is 0 Å². The Morgan fingerprint density at radius 2 is 2.11 bits per heavy atom. The predicted molar refractivity (Wildman–Crippen MR) is 70.9 cm³/mol. The maximum Gasteiger partial charge on any atom is 0.242 e. The lowest BCUT2D eigenvalue weighted by Gasteiger charge is -2.39. The number of nitrogens with zero attached hydrogens (tertiary/aromatic N) is 2. The first-order valence-electron chi connectivity index (χ1n) is 6.54. The van der Waals surface area contributed by atoms with Crippen LogP contribution in [0.25, 0.3) is 0 Å². The lowest BCUT2D eigenvalue weighted by atomic mass is 9.73. The van der Waals surface area contributed by atoms with Gasteiger partial charge in [0, 0.05) is 25.6 Å². The highest BCUT2D eigenvalue weighted by atomic mass is 16.2.